The van der Waals surface area contributed by atoms with E-state index in [1.807, 2.05) is 0 Å². The molecule has 0 aromatic heterocycles. The van der Waals surface area contributed by atoms with Gasteiger partial charge in [-0.1, -0.05) is 6.58 Å². The van der Waals surface area contributed by atoms with E-state index < -0.39 is 65.1 Å². The smallest absolute Gasteiger partial charge is 0.458 e. The lowest BCUT2D eigenvalue weighted by molar-refractivity contribution is -0.149. The normalized spacial score (nSPS) is 28.6. The third-order valence-electron chi connectivity index (χ3n) is 5.06. The fourth-order valence-electron chi connectivity index (χ4n) is 3.90. The molecule has 162 valence electrons. The molecule has 2 bridgehead atoms. The van der Waals surface area contributed by atoms with Crippen LogP contribution in [-0.4, -0.2) is 44.5 Å². The highest BCUT2D eigenvalue weighted by molar-refractivity contribution is 8.09. The van der Waals surface area contributed by atoms with Crippen molar-refractivity contribution in [1.29, 1.82) is 0 Å². The minimum atomic E-state index is -6.80. The predicted octanol–water partition coefficient (Wildman–Crippen LogP) is 2.72. The van der Waals surface area contributed by atoms with E-state index in [2.05, 4.69) is 6.58 Å². The van der Waals surface area contributed by atoms with Crippen LogP contribution in [0.15, 0.2) is 12.2 Å². The van der Waals surface area contributed by atoms with Gasteiger partial charge in [0.25, 0.3) is 19.7 Å². The van der Waals surface area contributed by atoms with Gasteiger partial charge in [0, 0.05) is 11.5 Å². The second-order valence-electron chi connectivity index (χ2n) is 6.91. The maximum absolute atomic E-state index is 13.1. The molecule has 0 N–H and O–H groups in total. The topological polar surface area (TPSA) is 94.6 Å². The average Bonchev–Trinajstić information content (AvgIpc) is 3.07. The van der Waals surface area contributed by atoms with Gasteiger partial charge in [0.2, 0.25) is 0 Å². The fourth-order valence-corrected chi connectivity index (χ4v) is 8.00. The van der Waals surface area contributed by atoms with Gasteiger partial charge in [-0.15, -0.1) is 0 Å². The molecular weight excluding hydrogens is 442 g/mol. The first-order valence-electron chi connectivity index (χ1n) is 7.89. The summed E-state index contributed by atoms with van der Waals surface area (Å²) in [5, 5.41) is 0. The number of sulfone groups is 2. The third kappa shape index (κ3) is 3.64. The quantitative estimate of drug-likeness (QED) is 0.357. The van der Waals surface area contributed by atoms with E-state index in [-0.39, 0.29) is 24.8 Å². The van der Waals surface area contributed by atoms with Crippen LogP contribution in [0.1, 0.15) is 26.2 Å². The van der Waals surface area contributed by atoms with Gasteiger partial charge in [0.1, 0.15) is 6.10 Å². The molecular formula is C14H16F6O6S2. The molecule has 4 unspecified atom stereocenters. The van der Waals surface area contributed by atoms with E-state index in [0.717, 1.165) is 0 Å². The van der Waals surface area contributed by atoms with Crippen molar-refractivity contribution in [2.45, 2.75) is 47.9 Å². The molecule has 0 saturated heterocycles. The maximum Gasteiger partial charge on any atom is 0.498 e. The molecule has 2 aliphatic rings. The number of ether oxygens (including phenoxy) is 1. The molecule has 2 fully saturated rings. The number of halogens is 6. The van der Waals surface area contributed by atoms with Crippen molar-refractivity contribution in [2.24, 2.45) is 17.8 Å². The minimum Gasteiger partial charge on any atom is -0.458 e. The van der Waals surface area contributed by atoms with Gasteiger partial charge in [-0.2, -0.15) is 26.3 Å². The summed E-state index contributed by atoms with van der Waals surface area (Å²) in [4.78, 5) is 11.8. The van der Waals surface area contributed by atoms with Gasteiger partial charge < -0.3 is 4.74 Å². The third-order valence-corrected chi connectivity index (χ3v) is 9.73. The largest absolute Gasteiger partial charge is 0.498 e. The van der Waals surface area contributed by atoms with Gasteiger partial charge in [-0.05, 0) is 38.0 Å². The molecule has 0 heterocycles. The van der Waals surface area contributed by atoms with E-state index in [9.17, 15) is 48.0 Å². The molecule has 0 aromatic rings. The molecule has 0 amide bonds. The molecule has 4 atom stereocenters. The Kier molecular flexibility index (Phi) is 5.65. The van der Waals surface area contributed by atoms with Crippen molar-refractivity contribution in [3.63, 3.8) is 0 Å². The summed E-state index contributed by atoms with van der Waals surface area (Å²) in [5.41, 5.74) is -12.7. The number of hydrogen-bond acceptors (Lipinski definition) is 6. The zero-order valence-corrected chi connectivity index (χ0v) is 15.9. The van der Waals surface area contributed by atoms with E-state index in [1.54, 1.807) is 0 Å². The van der Waals surface area contributed by atoms with Crippen molar-refractivity contribution in [3.05, 3.63) is 12.2 Å². The zero-order valence-electron chi connectivity index (χ0n) is 14.2. The summed E-state index contributed by atoms with van der Waals surface area (Å²) in [6.07, 6.45) is -1.49. The van der Waals surface area contributed by atoms with Gasteiger partial charge >= 0.3 is 17.0 Å². The highest BCUT2D eigenvalue weighted by atomic mass is 32.3. The highest BCUT2D eigenvalue weighted by Crippen LogP contribution is 2.55. The van der Waals surface area contributed by atoms with Crippen molar-refractivity contribution in [2.75, 3.05) is 0 Å². The lowest BCUT2D eigenvalue weighted by atomic mass is 9.87. The van der Waals surface area contributed by atoms with Crippen molar-refractivity contribution in [3.8, 4) is 0 Å². The standard InChI is InChI=1S/C14H16F6O6S2/c1-6(2)11(21)26-10-8-4-3-7(5-8)9(10)12(27(22,23)13(15,16)17)28(24,25)14(18,19)20/h7-10,12H,1,3-5H2,2H3. The Morgan fingerprint density at radius 2 is 1.39 bits per heavy atom. The van der Waals surface area contributed by atoms with Crippen LogP contribution in [0, 0.1) is 17.8 Å². The first-order valence-corrected chi connectivity index (χ1v) is 11.0. The van der Waals surface area contributed by atoms with E-state index in [4.69, 9.17) is 4.74 Å². The van der Waals surface area contributed by atoms with Crippen LogP contribution < -0.4 is 0 Å². The predicted molar refractivity (Wildman–Crippen MR) is 82.8 cm³/mol. The van der Waals surface area contributed by atoms with Crippen molar-refractivity contribution < 1.29 is 52.7 Å². The first kappa shape index (κ1) is 23.0. The number of carbonyl (C=O) groups is 1. The minimum absolute atomic E-state index is 0.0215. The number of esters is 1. The molecule has 28 heavy (non-hydrogen) atoms. The van der Waals surface area contributed by atoms with Crippen LogP contribution in [0.4, 0.5) is 26.3 Å². The summed E-state index contributed by atoms with van der Waals surface area (Å²) < 4.78 is 127. The van der Waals surface area contributed by atoms with E-state index >= 15 is 0 Å². The molecule has 2 aliphatic carbocycles. The van der Waals surface area contributed by atoms with Crippen LogP contribution in [0.25, 0.3) is 0 Å². The summed E-state index contributed by atoms with van der Waals surface area (Å²) in [6, 6.07) is 0. The van der Waals surface area contributed by atoms with Crippen molar-refractivity contribution in [1.82, 2.24) is 0 Å². The first-order chi connectivity index (χ1) is 12.4. The van der Waals surface area contributed by atoms with E-state index in [0.29, 0.717) is 0 Å². The summed E-state index contributed by atoms with van der Waals surface area (Å²) >= 11 is 0. The molecule has 0 spiro atoms. The summed E-state index contributed by atoms with van der Waals surface area (Å²) in [6.45, 7) is 4.40. The van der Waals surface area contributed by atoms with Gasteiger partial charge in [-0.3, -0.25) is 0 Å². The average molecular weight is 458 g/mol. The highest BCUT2D eigenvalue weighted by Gasteiger charge is 2.69. The summed E-state index contributed by atoms with van der Waals surface area (Å²) in [5.74, 6) is -5.18. The molecule has 0 aliphatic heterocycles. The van der Waals surface area contributed by atoms with Gasteiger partial charge in [0.15, 0.2) is 4.58 Å². The Hall–Kier alpha value is -1.31. The summed E-state index contributed by atoms with van der Waals surface area (Å²) in [7, 11) is -13.6. The second-order valence-corrected chi connectivity index (χ2v) is 11.3. The SMILES string of the molecule is C=C(C)C(=O)OC1C2CCC(C2)C1C(S(=O)(=O)C(F)(F)F)S(=O)(=O)C(F)(F)F. The van der Waals surface area contributed by atoms with Gasteiger partial charge in [0.05, 0.1) is 0 Å². The monoisotopic (exact) mass is 458 g/mol. The Labute approximate surface area is 156 Å². The lowest BCUT2D eigenvalue weighted by Crippen LogP contribution is -2.53. The molecule has 6 nitrogen and oxygen atoms in total. The zero-order chi connectivity index (χ0) is 21.9. The Morgan fingerprint density at radius 3 is 1.79 bits per heavy atom. The van der Waals surface area contributed by atoms with Crippen LogP contribution in [0.2, 0.25) is 0 Å². The number of fused-ring (bicyclic) bond motifs is 2. The Balaban J connectivity index is 2.65. The molecule has 0 aromatic carbocycles. The number of carbonyl (C=O) groups excluding carboxylic acids is 1. The maximum atomic E-state index is 13.1. The molecule has 2 saturated carbocycles. The Bertz CT molecular complexity index is 829. The van der Waals surface area contributed by atoms with Crippen molar-refractivity contribution >= 4 is 25.6 Å². The molecule has 2 rings (SSSR count). The van der Waals surface area contributed by atoms with Crippen LogP contribution in [0.5, 0.6) is 0 Å². The Morgan fingerprint density at radius 1 is 0.964 bits per heavy atom. The van der Waals surface area contributed by atoms with E-state index in [1.165, 1.54) is 6.92 Å². The fraction of sp³-hybridized carbons (Fsp3) is 0.786. The second kappa shape index (κ2) is 6.89. The molecule has 14 heteroatoms. The lowest BCUT2D eigenvalue weighted by Gasteiger charge is -2.35. The number of hydrogen-bond donors (Lipinski definition) is 0. The number of alkyl halides is 6. The van der Waals surface area contributed by atoms with Crippen LogP contribution in [0.3, 0.4) is 0 Å². The molecule has 0 radical (unpaired) electrons. The van der Waals surface area contributed by atoms with Gasteiger partial charge in [-0.25, -0.2) is 21.6 Å². The number of rotatable bonds is 5. The van der Waals surface area contributed by atoms with Crippen LogP contribution >= 0.6 is 0 Å². The van der Waals surface area contributed by atoms with Crippen LogP contribution in [-0.2, 0) is 29.2 Å².